The lowest BCUT2D eigenvalue weighted by atomic mass is 10.1. The zero-order valence-corrected chi connectivity index (χ0v) is 17.7. The lowest BCUT2D eigenvalue weighted by molar-refractivity contribution is -0.134. The smallest absolute Gasteiger partial charge is 0.224 e. The molecule has 0 unspecified atom stereocenters. The fourth-order valence-corrected chi connectivity index (χ4v) is 3.69. The molecule has 0 bridgehead atoms. The summed E-state index contributed by atoms with van der Waals surface area (Å²) in [6, 6.07) is 16.7. The zero-order valence-electron chi connectivity index (χ0n) is 17.7. The summed E-state index contributed by atoms with van der Waals surface area (Å²) >= 11 is 0. The molecule has 0 N–H and O–H groups in total. The van der Waals surface area contributed by atoms with E-state index < -0.39 is 0 Å². The molecule has 1 fully saturated rings. The fourth-order valence-electron chi connectivity index (χ4n) is 3.69. The first-order valence-electron chi connectivity index (χ1n) is 10.3. The van der Waals surface area contributed by atoms with Gasteiger partial charge in [0.05, 0.1) is 0 Å². The number of benzene rings is 2. The number of nitrogens with zero attached hydrogens (tertiary/aromatic N) is 3. The minimum absolute atomic E-state index is 0.00245. The molecule has 5 nitrogen and oxygen atoms in total. The predicted octanol–water partition coefficient (Wildman–Crippen LogP) is 3.39. The monoisotopic (exact) mass is 393 g/mol. The second-order valence-corrected chi connectivity index (χ2v) is 7.88. The SMILES string of the molecule is CC(=O)N(CCC(=O)N1CCN(c2cccc(C)c2)CC1)Cc1ccc(C)cc1. The number of piperazine rings is 1. The minimum Gasteiger partial charge on any atom is -0.368 e. The molecule has 2 amide bonds. The van der Waals surface area contributed by atoms with Gasteiger partial charge >= 0.3 is 0 Å². The first-order valence-corrected chi connectivity index (χ1v) is 10.3. The van der Waals surface area contributed by atoms with Crippen LogP contribution in [0.1, 0.15) is 30.0 Å². The predicted molar refractivity (Wildman–Crippen MR) is 117 cm³/mol. The summed E-state index contributed by atoms with van der Waals surface area (Å²) in [4.78, 5) is 30.7. The van der Waals surface area contributed by atoms with Gasteiger partial charge in [-0.25, -0.2) is 0 Å². The van der Waals surface area contributed by atoms with Crippen molar-refractivity contribution < 1.29 is 9.59 Å². The Morgan fingerprint density at radius 2 is 1.62 bits per heavy atom. The van der Waals surface area contributed by atoms with Crippen LogP contribution in [0.15, 0.2) is 48.5 Å². The van der Waals surface area contributed by atoms with Gasteiger partial charge in [0.15, 0.2) is 0 Å². The molecule has 5 heteroatoms. The molecule has 0 aliphatic carbocycles. The molecule has 0 radical (unpaired) electrons. The van der Waals surface area contributed by atoms with Crippen molar-refractivity contribution in [1.29, 1.82) is 0 Å². The van der Waals surface area contributed by atoms with Gasteiger partial charge in [0.2, 0.25) is 11.8 Å². The number of carbonyl (C=O) groups excluding carboxylic acids is 2. The molecule has 2 aromatic rings. The highest BCUT2D eigenvalue weighted by molar-refractivity contribution is 5.78. The van der Waals surface area contributed by atoms with Crippen molar-refractivity contribution in [2.24, 2.45) is 0 Å². The van der Waals surface area contributed by atoms with E-state index in [2.05, 4.69) is 36.1 Å². The van der Waals surface area contributed by atoms with Crippen LogP contribution >= 0.6 is 0 Å². The molecule has 1 heterocycles. The van der Waals surface area contributed by atoms with E-state index in [-0.39, 0.29) is 11.8 Å². The molecule has 29 heavy (non-hydrogen) atoms. The van der Waals surface area contributed by atoms with E-state index in [1.165, 1.54) is 16.8 Å². The molecule has 1 aliphatic heterocycles. The molecule has 0 atom stereocenters. The third-order valence-corrected chi connectivity index (χ3v) is 5.53. The van der Waals surface area contributed by atoms with Crippen molar-refractivity contribution in [3.63, 3.8) is 0 Å². The Hall–Kier alpha value is -2.82. The second kappa shape index (κ2) is 9.59. The van der Waals surface area contributed by atoms with Gasteiger partial charge in [-0.15, -0.1) is 0 Å². The topological polar surface area (TPSA) is 43.9 Å². The normalized spacial score (nSPS) is 14.0. The number of hydrogen-bond donors (Lipinski definition) is 0. The molecule has 0 spiro atoms. The lowest BCUT2D eigenvalue weighted by Gasteiger charge is -2.36. The second-order valence-electron chi connectivity index (χ2n) is 7.88. The number of amides is 2. The van der Waals surface area contributed by atoms with Crippen LogP contribution in [-0.2, 0) is 16.1 Å². The molecule has 0 aromatic heterocycles. The molecule has 3 rings (SSSR count). The average Bonchev–Trinajstić information content (AvgIpc) is 2.72. The van der Waals surface area contributed by atoms with Crippen LogP contribution in [0.5, 0.6) is 0 Å². The Balaban J connectivity index is 1.49. The van der Waals surface area contributed by atoms with E-state index in [0.29, 0.717) is 19.5 Å². The van der Waals surface area contributed by atoms with Crippen molar-refractivity contribution in [3.8, 4) is 0 Å². The highest BCUT2D eigenvalue weighted by Crippen LogP contribution is 2.18. The van der Waals surface area contributed by atoms with Crippen molar-refractivity contribution in [2.75, 3.05) is 37.6 Å². The molecule has 0 saturated carbocycles. The summed E-state index contributed by atoms with van der Waals surface area (Å²) in [6.07, 6.45) is 0.371. The van der Waals surface area contributed by atoms with E-state index in [9.17, 15) is 9.59 Å². The Morgan fingerprint density at radius 3 is 2.24 bits per heavy atom. The van der Waals surface area contributed by atoms with Crippen molar-refractivity contribution in [2.45, 2.75) is 33.7 Å². The molecular weight excluding hydrogens is 362 g/mol. The molecule has 2 aromatic carbocycles. The van der Waals surface area contributed by atoms with Crippen LogP contribution in [0, 0.1) is 13.8 Å². The van der Waals surface area contributed by atoms with Crippen LogP contribution in [0.2, 0.25) is 0 Å². The Morgan fingerprint density at radius 1 is 0.931 bits per heavy atom. The fraction of sp³-hybridized carbons (Fsp3) is 0.417. The third kappa shape index (κ3) is 5.83. The van der Waals surface area contributed by atoms with E-state index in [0.717, 1.165) is 31.7 Å². The van der Waals surface area contributed by atoms with Gasteiger partial charge < -0.3 is 14.7 Å². The minimum atomic E-state index is 0.00245. The van der Waals surface area contributed by atoms with Crippen LogP contribution in [0.25, 0.3) is 0 Å². The van der Waals surface area contributed by atoms with Crippen LogP contribution in [-0.4, -0.2) is 54.3 Å². The molecule has 1 saturated heterocycles. The highest BCUT2D eigenvalue weighted by Gasteiger charge is 2.22. The molecule has 154 valence electrons. The van der Waals surface area contributed by atoms with Crippen LogP contribution < -0.4 is 4.90 Å². The number of carbonyl (C=O) groups is 2. The Bertz CT molecular complexity index is 839. The first kappa shape index (κ1) is 20.9. The van der Waals surface area contributed by atoms with Crippen LogP contribution in [0.4, 0.5) is 5.69 Å². The first-order chi connectivity index (χ1) is 13.9. The van der Waals surface area contributed by atoms with Crippen molar-refractivity contribution in [1.82, 2.24) is 9.80 Å². The highest BCUT2D eigenvalue weighted by atomic mass is 16.2. The van der Waals surface area contributed by atoms with Gasteiger partial charge in [-0.05, 0) is 37.1 Å². The lowest BCUT2D eigenvalue weighted by Crippen LogP contribution is -2.49. The van der Waals surface area contributed by atoms with Crippen molar-refractivity contribution >= 4 is 17.5 Å². The van der Waals surface area contributed by atoms with E-state index in [1.54, 1.807) is 11.8 Å². The molecular formula is C24H31N3O2. The maximum absolute atomic E-state index is 12.7. The van der Waals surface area contributed by atoms with Gasteiger partial charge in [-0.3, -0.25) is 9.59 Å². The number of anilines is 1. The number of hydrogen-bond acceptors (Lipinski definition) is 3. The van der Waals surface area contributed by atoms with Gasteiger partial charge in [0.25, 0.3) is 0 Å². The number of aryl methyl sites for hydroxylation is 2. The maximum atomic E-state index is 12.7. The van der Waals surface area contributed by atoms with E-state index in [4.69, 9.17) is 0 Å². The van der Waals surface area contributed by atoms with E-state index in [1.807, 2.05) is 36.1 Å². The zero-order chi connectivity index (χ0) is 20.8. The summed E-state index contributed by atoms with van der Waals surface area (Å²) in [5, 5.41) is 0. The summed E-state index contributed by atoms with van der Waals surface area (Å²) in [5.74, 6) is 0.131. The van der Waals surface area contributed by atoms with Gasteiger partial charge in [-0.2, -0.15) is 0 Å². The summed E-state index contributed by atoms with van der Waals surface area (Å²) in [6.45, 7) is 9.85. The summed E-state index contributed by atoms with van der Waals surface area (Å²) < 4.78 is 0. The van der Waals surface area contributed by atoms with Crippen molar-refractivity contribution in [3.05, 3.63) is 65.2 Å². The molecule has 1 aliphatic rings. The number of rotatable bonds is 6. The standard InChI is InChI=1S/C24H31N3O2/c1-19-7-9-22(10-8-19)18-27(21(3)28)12-11-24(29)26-15-13-25(14-16-26)23-6-4-5-20(2)17-23/h4-10,17H,11-16,18H2,1-3H3. The summed E-state index contributed by atoms with van der Waals surface area (Å²) in [7, 11) is 0. The summed E-state index contributed by atoms with van der Waals surface area (Å²) in [5.41, 5.74) is 4.75. The maximum Gasteiger partial charge on any atom is 0.224 e. The average molecular weight is 394 g/mol. The van der Waals surface area contributed by atoms with Gasteiger partial charge in [-0.1, -0.05) is 42.0 Å². The quantitative estimate of drug-likeness (QED) is 0.756. The third-order valence-electron chi connectivity index (χ3n) is 5.53. The van der Waals surface area contributed by atoms with Gasteiger partial charge in [0.1, 0.15) is 0 Å². The largest absolute Gasteiger partial charge is 0.368 e. The van der Waals surface area contributed by atoms with Gasteiger partial charge in [0, 0.05) is 58.3 Å². The Kier molecular flexibility index (Phi) is 6.91. The van der Waals surface area contributed by atoms with E-state index >= 15 is 0 Å². The Labute approximate surface area is 173 Å². The van der Waals surface area contributed by atoms with Crippen LogP contribution in [0.3, 0.4) is 0 Å².